The van der Waals surface area contributed by atoms with Gasteiger partial charge >= 0.3 is 54.2 Å². The van der Waals surface area contributed by atoms with Crippen molar-refractivity contribution in [3.8, 4) is 0 Å². The van der Waals surface area contributed by atoms with E-state index in [2.05, 4.69) is 0 Å². The van der Waals surface area contributed by atoms with Crippen LogP contribution in [-0.2, 0) is 95.1 Å². The smallest absolute Gasteiger partial charge is 0.456 e. The van der Waals surface area contributed by atoms with Crippen molar-refractivity contribution in [2.24, 2.45) is 39.2 Å². The zero-order chi connectivity index (χ0) is 94.5. The van der Waals surface area contributed by atoms with Gasteiger partial charge in [-0.25, -0.2) is 33.6 Å². The Balaban J connectivity index is 0.000000252. The Hall–Kier alpha value is -8.29. The van der Waals surface area contributed by atoms with Crippen molar-refractivity contribution >= 4 is 135 Å². The Morgan fingerprint density at radius 2 is 0.992 bits per heavy atom. The van der Waals surface area contributed by atoms with Gasteiger partial charge in [0.25, 0.3) is 0 Å². The number of amides is 1. The van der Waals surface area contributed by atoms with Gasteiger partial charge in [-0.05, 0) is 120 Å². The van der Waals surface area contributed by atoms with Crippen LogP contribution < -0.4 is 5.73 Å². The average molecular weight is 1910 g/mol. The fourth-order valence-corrected chi connectivity index (χ4v) is 20.8. The maximum Gasteiger partial charge on any atom is 0.509 e. The summed E-state index contributed by atoms with van der Waals surface area (Å²) in [6.07, 6.45) is -25.4. The number of halogens is 6. The molecule has 4 aromatic carbocycles. The number of esters is 6. The number of alkyl halides is 6. The van der Waals surface area contributed by atoms with E-state index in [1.54, 1.807) is 146 Å². The molecule has 2 unspecified atom stereocenters. The van der Waals surface area contributed by atoms with Crippen molar-refractivity contribution in [2.45, 2.75) is 256 Å². The summed E-state index contributed by atoms with van der Waals surface area (Å²) in [6.45, 7) is 19.7. The molecule has 32 nitrogen and oxygen atoms in total. The molecule has 128 heavy (non-hydrogen) atoms. The normalized spacial score (nSPS) is 33.4. The molecular formula is C90H104Cl6N2O30. The Labute approximate surface area is 768 Å². The van der Waals surface area contributed by atoms with E-state index in [4.69, 9.17) is 142 Å². The number of hydrogen-bond donors (Lipinski definition) is 6. The van der Waals surface area contributed by atoms with Crippen LogP contribution in [0.4, 0.5) is 14.4 Å². The molecule has 3 heterocycles. The lowest BCUT2D eigenvalue weighted by atomic mass is 9.44. The molecule has 22 atom stereocenters. The highest BCUT2D eigenvalue weighted by atomic mass is 35.6. The van der Waals surface area contributed by atoms with Gasteiger partial charge in [-0.1, -0.05) is 194 Å². The lowest BCUT2D eigenvalue weighted by molar-refractivity contribution is -0.346. The Kier molecular flexibility index (Phi) is 27.8. The second-order valence-corrected chi connectivity index (χ2v) is 41.8. The minimum atomic E-state index is -2.62. The van der Waals surface area contributed by atoms with Gasteiger partial charge < -0.3 is 97.6 Å². The number of carbonyl (C=O) groups excluding carboxylic acids is 11. The van der Waals surface area contributed by atoms with E-state index in [9.17, 15) is 68.7 Å². The standard InChI is InChI=1S/C52H59Cl6NO18.C38H45NO12/c1-26-30(71-41(63)36-34(28-17-13-11-14-18-28)59(47(8,9)76-36)42(64)77-45(3,4)5)22-50(67)39(74-40(62)29-19-15-12-16-20-29)37-48(10,38(61)35(33(26)46(50,6)7)73-44(66)70-25-52(56,57)58)31(72-43(65)69-24-51(53,54)55)21-32-49(37,23-68-32)75-27(2)60;1-19-23(49-34(46)29(43)27(39)21-12-8-6-9-13-21)17-38(47)32(50-33(45)22-14-10-7-11-15-22)30-36(5,31(44)28(42)26(19)35(38,3)4)24(41)16-25-37(30,18-48-25)51-20(2)40/h11-20,30-32,34-37,39,67H,21-25H2,1-10H3;6-15,23-25,27-30,32,41-43,47H,16-18,39H2,1-5H3/t30-,31-,32+,34+,35+,36+,37?,39-,48+,49-,50+;23-,24-,25+,27+,28+,29+,30?,32-,36+,37-,38+/m00/s1. The molecule has 3 aliphatic heterocycles. The van der Waals surface area contributed by atoms with E-state index >= 15 is 9.59 Å². The highest BCUT2D eigenvalue weighted by Gasteiger charge is 2.81. The third kappa shape index (κ3) is 18.1. The van der Waals surface area contributed by atoms with Crippen LogP contribution in [0.5, 0.6) is 0 Å². The van der Waals surface area contributed by atoms with Crippen molar-refractivity contribution < 1.29 is 145 Å². The molecule has 7 fully saturated rings. The number of aliphatic hydroxyl groups excluding tert-OH is 3. The number of benzene rings is 4. The molecular weight excluding hydrogens is 1800 g/mol. The number of nitrogens with zero attached hydrogens (tertiary/aromatic N) is 1. The largest absolute Gasteiger partial charge is 0.509 e. The summed E-state index contributed by atoms with van der Waals surface area (Å²) in [5.74, 6) is -11.1. The summed E-state index contributed by atoms with van der Waals surface area (Å²) in [5.41, 5.74) is -11.7. The van der Waals surface area contributed by atoms with Gasteiger partial charge in [0.2, 0.25) is 7.59 Å². The van der Waals surface area contributed by atoms with Gasteiger partial charge in [0.05, 0.1) is 59.2 Å². The first kappa shape index (κ1) is 98.7. The van der Waals surface area contributed by atoms with Crippen LogP contribution in [0.1, 0.15) is 173 Å². The molecule has 0 aromatic heterocycles. The number of rotatable bonds is 17. The third-order valence-electron chi connectivity index (χ3n) is 26.8. The quantitative estimate of drug-likeness (QED) is 0.0247. The number of carbonyl (C=O) groups is 11. The van der Waals surface area contributed by atoms with Crippen LogP contribution in [-0.4, -0.2) is 237 Å². The topological polar surface area (TPSA) is 447 Å². The second kappa shape index (κ2) is 36.0. The Morgan fingerprint density at radius 1 is 0.562 bits per heavy atom. The molecule has 6 aliphatic carbocycles. The van der Waals surface area contributed by atoms with Gasteiger partial charge in [-0.15, -0.1) is 0 Å². The molecule has 9 aliphatic rings. The SMILES string of the molecule is CC(=O)O[C@@]12CO[C@@H]1C[C@H](O)[C@@]1(C)C(=O)[C@H](O)C3=C(C)[C@@H](OC(=O)[C@H](O)[C@H](N)c4ccccc4)C[C@@](O)([C@@H](OC(=O)c4ccccc4)C12)C3(C)C.CC(=O)O[C@@]12CO[C@@H]1C[C@H](OC(=O)OCC(Cl)(Cl)Cl)[C@@]1(C)C(=O)[C@H](OC(=O)OCC(Cl)(Cl)Cl)C3=C(C)[C@@H](OC(=O)[C@@H]4OC(C)(C)N(C(=O)OC(C)(C)C)[C@@H]4c4ccccc4)C[C@@](O)([C@@H](OC(=O)c4ccccc4)C12)C3(C)C. The summed E-state index contributed by atoms with van der Waals surface area (Å²) < 4.78 is 79.3. The van der Waals surface area contributed by atoms with Gasteiger partial charge in [-0.2, -0.15) is 0 Å². The highest BCUT2D eigenvalue weighted by molar-refractivity contribution is 6.68. The number of nitrogens with two attached hydrogens (primary N) is 1. The number of Topliss-reactive ketones (excluding diaryl/α,β-unsaturated/α-hetero) is 2. The molecule has 4 aromatic rings. The zero-order valence-corrected chi connectivity index (χ0v) is 77.2. The zero-order valence-electron chi connectivity index (χ0n) is 72.7. The molecule has 696 valence electrons. The molecule has 0 radical (unpaired) electrons. The van der Waals surface area contributed by atoms with Gasteiger partial charge in [0, 0.05) is 50.4 Å². The summed E-state index contributed by atoms with van der Waals surface area (Å²) in [6, 6.07) is 30.1. The van der Waals surface area contributed by atoms with E-state index in [-0.39, 0.29) is 46.4 Å². The average Bonchev–Trinajstić information content (AvgIpc) is 0.962. The summed E-state index contributed by atoms with van der Waals surface area (Å²) >= 11 is 35.6. The van der Waals surface area contributed by atoms with Gasteiger partial charge in [0.15, 0.2) is 41.1 Å². The maximum absolute atomic E-state index is 16.4. The summed E-state index contributed by atoms with van der Waals surface area (Å²) in [7, 11) is 0. The molecule has 38 heteroatoms. The van der Waals surface area contributed by atoms with E-state index in [0.29, 0.717) is 11.1 Å². The van der Waals surface area contributed by atoms with Crippen molar-refractivity contribution in [3.63, 3.8) is 0 Å². The fraction of sp³-hybridized carbons (Fsp3) is 0.567. The third-order valence-corrected chi connectivity index (χ3v) is 27.4. The van der Waals surface area contributed by atoms with Crippen LogP contribution in [0.3, 0.4) is 0 Å². The number of ketones is 2. The van der Waals surface area contributed by atoms with Crippen LogP contribution >= 0.6 is 69.6 Å². The first-order chi connectivity index (χ1) is 59.4. The maximum atomic E-state index is 16.4. The van der Waals surface area contributed by atoms with E-state index < -0.39 is 265 Å². The summed E-state index contributed by atoms with van der Waals surface area (Å²) in [4.78, 5) is 158. The predicted molar refractivity (Wildman–Crippen MR) is 455 cm³/mol. The number of ether oxygens (including phenoxy) is 14. The molecule has 0 spiro atoms. The molecule has 7 N–H and O–H groups in total. The van der Waals surface area contributed by atoms with Crippen LogP contribution in [0, 0.1) is 33.5 Å². The van der Waals surface area contributed by atoms with Crippen molar-refractivity contribution in [1.29, 1.82) is 0 Å². The van der Waals surface area contributed by atoms with Crippen LogP contribution in [0.15, 0.2) is 144 Å². The minimum absolute atomic E-state index is 0.0120. The van der Waals surface area contributed by atoms with Gasteiger partial charge in [0.1, 0.15) is 90.6 Å². The summed E-state index contributed by atoms with van der Waals surface area (Å²) in [5, 5.41) is 62.2. The van der Waals surface area contributed by atoms with Crippen LogP contribution in [0.2, 0.25) is 0 Å². The number of hydrogen-bond acceptors (Lipinski definition) is 31. The van der Waals surface area contributed by atoms with Crippen LogP contribution in [0.25, 0.3) is 0 Å². The Morgan fingerprint density at radius 3 is 1.45 bits per heavy atom. The van der Waals surface area contributed by atoms with Crippen molar-refractivity contribution in [1.82, 2.24) is 4.90 Å². The van der Waals surface area contributed by atoms with Crippen molar-refractivity contribution in [2.75, 3.05) is 26.4 Å². The first-order valence-electron chi connectivity index (χ1n) is 41.3. The fourth-order valence-electron chi connectivity index (χ4n) is 20.5. The van der Waals surface area contributed by atoms with Crippen molar-refractivity contribution in [3.05, 3.63) is 166 Å². The lowest BCUT2D eigenvalue weighted by Gasteiger charge is -2.67. The first-order valence-corrected chi connectivity index (χ1v) is 43.6. The molecule has 4 bridgehead atoms. The van der Waals surface area contributed by atoms with Gasteiger partial charge in [-0.3, -0.25) is 24.1 Å². The van der Waals surface area contributed by atoms with E-state index in [0.717, 1.165) is 6.92 Å². The molecule has 13 rings (SSSR count). The lowest BCUT2D eigenvalue weighted by Crippen LogP contribution is -2.82. The molecule has 1 amide bonds. The Bertz CT molecular complexity index is 5020. The molecule has 4 saturated carbocycles. The van der Waals surface area contributed by atoms with E-state index in [1.807, 2.05) is 0 Å². The highest BCUT2D eigenvalue weighted by Crippen LogP contribution is 2.68. The monoisotopic (exact) mass is 1900 g/mol. The predicted octanol–water partition coefficient (Wildman–Crippen LogP) is 11.5. The number of aliphatic hydroxyl groups is 5. The minimum Gasteiger partial charge on any atom is -0.456 e. The van der Waals surface area contributed by atoms with E-state index in [1.165, 1.54) is 77.6 Å². The second-order valence-electron chi connectivity index (χ2n) is 36.8. The molecule has 3 saturated heterocycles. The number of fused-ring (bicyclic) bond motifs is 10.